The number of rotatable bonds is 6. The van der Waals surface area contributed by atoms with Crippen molar-refractivity contribution in [1.82, 2.24) is 19.7 Å². The summed E-state index contributed by atoms with van der Waals surface area (Å²) in [6.45, 7) is 0.813. The highest BCUT2D eigenvalue weighted by atomic mass is 32.2. The van der Waals surface area contributed by atoms with Gasteiger partial charge in [0.1, 0.15) is 11.8 Å². The molecule has 0 aliphatic heterocycles. The van der Waals surface area contributed by atoms with Crippen LogP contribution in [0, 0.1) is 0 Å². The molecular formula is C22H21N5S. The second-order valence-electron chi connectivity index (χ2n) is 6.59. The number of nitrogens with one attached hydrogen (secondary N) is 1. The van der Waals surface area contributed by atoms with Gasteiger partial charge >= 0.3 is 0 Å². The molecule has 4 rings (SSSR count). The van der Waals surface area contributed by atoms with E-state index in [1.165, 1.54) is 5.56 Å². The number of pyridine rings is 1. The number of hydrogen-bond acceptors (Lipinski definition) is 6. The predicted molar refractivity (Wildman–Crippen MR) is 116 cm³/mol. The van der Waals surface area contributed by atoms with Gasteiger partial charge in [0.05, 0.1) is 11.2 Å². The normalized spacial score (nSPS) is 10.9. The highest BCUT2D eigenvalue weighted by Gasteiger charge is 2.09. The number of benzene rings is 2. The van der Waals surface area contributed by atoms with E-state index in [9.17, 15) is 0 Å². The monoisotopic (exact) mass is 387 g/mol. The summed E-state index contributed by atoms with van der Waals surface area (Å²) >= 11 is 1.63. The molecule has 0 amide bonds. The van der Waals surface area contributed by atoms with Gasteiger partial charge in [0.2, 0.25) is 0 Å². The molecule has 0 aliphatic rings. The molecule has 0 aliphatic carbocycles. The molecule has 2 heterocycles. The van der Waals surface area contributed by atoms with Crippen molar-refractivity contribution in [3.8, 4) is 11.3 Å². The van der Waals surface area contributed by atoms with Crippen LogP contribution in [0.2, 0.25) is 0 Å². The highest BCUT2D eigenvalue weighted by Crippen LogP contribution is 2.27. The average Bonchev–Trinajstić information content (AvgIpc) is 2.74. The molecule has 0 radical (unpaired) electrons. The molecule has 1 N–H and O–H groups in total. The van der Waals surface area contributed by atoms with Crippen molar-refractivity contribution >= 4 is 28.8 Å². The maximum atomic E-state index is 4.84. The molecule has 0 saturated carbocycles. The molecule has 2 aromatic carbocycles. The molecule has 0 saturated heterocycles. The summed E-state index contributed by atoms with van der Waals surface area (Å²) in [5, 5.41) is 0. The van der Waals surface area contributed by atoms with Crippen LogP contribution in [0.25, 0.3) is 22.3 Å². The van der Waals surface area contributed by atoms with Gasteiger partial charge in [0, 0.05) is 31.1 Å². The topological polar surface area (TPSA) is 53.9 Å². The van der Waals surface area contributed by atoms with E-state index in [0.717, 1.165) is 39.5 Å². The fraction of sp³-hybridized carbons (Fsp3) is 0.136. The molecule has 0 unspecified atom stereocenters. The predicted octanol–water partition coefficient (Wildman–Crippen LogP) is 4.55. The Morgan fingerprint density at radius 2 is 1.79 bits per heavy atom. The van der Waals surface area contributed by atoms with Gasteiger partial charge in [-0.2, -0.15) is 0 Å². The summed E-state index contributed by atoms with van der Waals surface area (Å²) in [6.07, 6.45) is 1.58. The van der Waals surface area contributed by atoms with Crippen molar-refractivity contribution in [1.29, 1.82) is 0 Å². The second-order valence-corrected chi connectivity index (χ2v) is 7.56. The summed E-state index contributed by atoms with van der Waals surface area (Å²) in [4.78, 5) is 16.6. The summed E-state index contributed by atoms with van der Waals surface area (Å²) in [6, 6.07) is 22.8. The number of fused-ring (bicyclic) bond motifs is 1. The number of nitrogens with zero attached hydrogens (tertiary/aromatic N) is 4. The van der Waals surface area contributed by atoms with Crippen LogP contribution in [-0.4, -0.2) is 29.0 Å². The molecule has 0 fully saturated rings. The Morgan fingerprint density at radius 1 is 0.929 bits per heavy atom. The van der Waals surface area contributed by atoms with E-state index in [2.05, 4.69) is 63.2 Å². The minimum Gasteiger partial charge on any atom is -0.361 e. The zero-order valence-corrected chi connectivity index (χ0v) is 16.6. The highest BCUT2D eigenvalue weighted by molar-refractivity contribution is 7.97. The molecule has 0 atom stereocenters. The maximum Gasteiger partial charge on any atom is 0.158 e. The van der Waals surface area contributed by atoms with E-state index in [-0.39, 0.29) is 0 Å². The summed E-state index contributed by atoms with van der Waals surface area (Å²) in [5.41, 5.74) is 4.90. The summed E-state index contributed by atoms with van der Waals surface area (Å²) < 4.78 is 3.42. The van der Waals surface area contributed by atoms with E-state index in [1.54, 1.807) is 18.3 Å². The fourth-order valence-electron chi connectivity index (χ4n) is 2.93. The minimum atomic E-state index is 0.810. The first kappa shape index (κ1) is 18.4. The Balaban J connectivity index is 1.56. The Morgan fingerprint density at radius 3 is 2.61 bits per heavy atom. The fourth-order valence-corrected chi connectivity index (χ4v) is 3.67. The first-order valence-corrected chi connectivity index (χ1v) is 9.85. The number of aromatic nitrogens is 3. The van der Waals surface area contributed by atoms with Crippen LogP contribution in [-0.2, 0) is 6.54 Å². The Labute approximate surface area is 169 Å². The van der Waals surface area contributed by atoms with E-state index in [0.29, 0.717) is 0 Å². The van der Waals surface area contributed by atoms with E-state index in [4.69, 9.17) is 4.98 Å². The minimum absolute atomic E-state index is 0.810. The molecule has 5 nitrogen and oxygen atoms in total. The van der Waals surface area contributed by atoms with Crippen molar-refractivity contribution in [2.45, 2.75) is 11.4 Å². The lowest BCUT2D eigenvalue weighted by molar-refractivity contribution is 0.975. The SMILES string of the molecule is CN(C)c1ncnc2ccc(-c3cccc(SNCc4ccccc4)c3)nc12. The van der Waals surface area contributed by atoms with Crippen molar-refractivity contribution in [2.24, 2.45) is 0 Å². The van der Waals surface area contributed by atoms with Crippen LogP contribution in [0.3, 0.4) is 0 Å². The van der Waals surface area contributed by atoms with Gasteiger partial charge in [-0.3, -0.25) is 4.72 Å². The van der Waals surface area contributed by atoms with Gasteiger partial charge < -0.3 is 4.90 Å². The number of anilines is 1. The first-order chi connectivity index (χ1) is 13.7. The van der Waals surface area contributed by atoms with Gasteiger partial charge in [0.25, 0.3) is 0 Å². The van der Waals surface area contributed by atoms with Crippen LogP contribution < -0.4 is 9.62 Å². The Bertz CT molecular complexity index is 1080. The van der Waals surface area contributed by atoms with Gasteiger partial charge in [-0.15, -0.1) is 0 Å². The molecule has 6 heteroatoms. The lowest BCUT2D eigenvalue weighted by atomic mass is 10.1. The third-order valence-electron chi connectivity index (χ3n) is 4.33. The molecule has 4 aromatic rings. The molecule has 2 aromatic heterocycles. The van der Waals surface area contributed by atoms with Crippen LogP contribution >= 0.6 is 11.9 Å². The third-order valence-corrected chi connectivity index (χ3v) is 5.10. The Hall–Kier alpha value is -2.96. The largest absolute Gasteiger partial charge is 0.361 e. The van der Waals surface area contributed by atoms with Gasteiger partial charge in [-0.25, -0.2) is 15.0 Å². The van der Waals surface area contributed by atoms with E-state index >= 15 is 0 Å². The molecule has 140 valence electrons. The third kappa shape index (κ3) is 4.13. The van der Waals surface area contributed by atoms with Crippen molar-refractivity contribution in [3.05, 3.63) is 78.6 Å². The second kappa shape index (κ2) is 8.37. The van der Waals surface area contributed by atoms with Gasteiger partial charge in [-0.05, 0) is 41.8 Å². The van der Waals surface area contributed by atoms with E-state index in [1.807, 2.05) is 37.2 Å². The van der Waals surface area contributed by atoms with Crippen molar-refractivity contribution < 1.29 is 0 Å². The van der Waals surface area contributed by atoms with E-state index < -0.39 is 0 Å². The maximum absolute atomic E-state index is 4.84. The smallest absolute Gasteiger partial charge is 0.158 e. The summed E-state index contributed by atoms with van der Waals surface area (Å²) in [5.74, 6) is 0.821. The van der Waals surface area contributed by atoms with Crippen LogP contribution in [0.5, 0.6) is 0 Å². The first-order valence-electron chi connectivity index (χ1n) is 9.04. The zero-order chi connectivity index (χ0) is 19.3. The van der Waals surface area contributed by atoms with Gasteiger partial charge in [0.15, 0.2) is 5.82 Å². The Kier molecular flexibility index (Phi) is 5.50. The van der Waals surface area contributed by atoms with Crippen LogP contribution in [0.15, 0.2) is 78.0 Å². The lowest BCUT2D eigenvalue weighted by Gasteiger charge is -2.13. The quantitative estimate of drug-likeness (QED) is 0.490. The average molecular weight is 388 g/mol. The van der Waals surface area contributed by atoms with Crippen LogP contribution in [0.4, 0.5) is 5.82 Å². The standard InChI is InChI=1S/C22H21N5S/c1-27(2)22-21-20(23-15-24-22)12-11-19(26-21)17-9-6-10-18(13-17)28-25-14-16-7-4-3-5-8-16/h3-13,15,25H,14H2,1-2H3. The molecule has 0 bridgehead atoms. The molecule has 28 heavy (non-hydrogen) atoms. The van der Waals surface area contributed by atoms with Gasteiger partial charge in [-0.1, -0.05) is 42.5 Å². The number of hydrogen-bond donors (Lipinski definition) is 1. The van der Waals surface area contributed by atoms with Crippen molar-refractivity contribution in [2.75, 3.05) is 19.0 Å². The lowest BCUT2D eigenvalue weighted by Crippen LogP contribution is -2.12. The zero-order valence-electron chi connectivity index (χ0n) is 15.8. The molecular weight excluding hydrogens is 366 g/mol. The van der Waals surface area contributed by atoms with Crippen LogP contribution in [0.1, 0.15) is 5.56 Å². The molecule has 0 spiro atoms. The summed E-state index contributed by atoms with van der Waals surface area (Å²) in [7, 11) is 3.93. The van der Waals surface area contributed by atoms with Crippen molar-refractivity contribution in [3.63, 3.8) is 0 Å².